The third-order valence-corrected chi connectivity index (χ3v) is 6.02. The summed E-state index contributed by atoms with van der Waals surface area (Å²) in [6, 6.07) is 22.7. The normalized spacial score (nSPS) is 10.9. The van der Waals surface area contributed by atoms with Crippen LogP contribution >= 0.6 is 11.8 Å². The van der Waals surface area contributed by atoms with Crippen LogP contribution in [0.2, 0.25) is 0 Å². The van der Waals surface area contributed by atoms with E-state index < -0.39 is 0 Å². The summed E-state index contributed by atoms with van der Waals surface area (Å²) in [5.74, 6) is 1.65. The second kappa shape index (κ2) is 9.62. The van der Waals surface area contributed by atoms with Crippen molar-refractivity contribution in [1.29, 1.82) is 0 Å². The summed E-state index contributed by atoms with van der Waals surface area (Å²) in [4.78, 5) is 29.5. The van der Waals surface area contributed by atoms with Gasteiger partial charge in [-0.05, 0) is 48.9 Å². The fourth-order valence-corrected chi connectivity index (χ4v) is 4.06. The van der Waals surface area contributed by atoms with Crippen LogP contribution in [0, 0.1) is 6.92 Å². The molecule has 0 radical (unpaired) electrons. The SMILES string of the molecule is Cc1ccc(CSCCNC(=O)c2ccc(-n3cnc4ccccc4c3=O)cc2)cc1. The smallest absolute Gasteiger partial charge is 0.265 e. The van der Waals surface area contributed by atoms with E-state index in [1.165, 1.54) is 22.0 Å². The molecule has 4 aromatic rings. The van der Waals surface area contributed by atoms with Gasteiger partial charge in [-0.25, -0.2) is 4.98 Å². The van der Waals surface area contributed by atoms with Crippen LogP contribution in [0.15, 0.2) is 83.9 Å². The Morgan fingerprint density at radius 2 is 1.74 bits per heavy atom. The van der Waals surface area contributed by atoms with Crippen LogP contribution in [0.3, 0.4) is 0 Å². The minimum Gasteiger partial charge on any atom is -0.351 e. The van der Waals surface area contributed by atoms with Crippen LogP contribution in [0.4, 0.5) is 0 Å². The predicted molar refractivity (Wildman–Crippen MR) is 127 cm³/mol. The molecule has 5 nitrogen and oxygen atoms in total. The van der Waals surface area contributed by atoms with Crippen molar-refractivity contribution in [3.8, 4) is 5.69 Å². The zero-order valence-electron chi connectivity index (χ0n) is 17.2. The van der Waals surface area contributed by atoms with Crippen molar-refractivity contribution in [2.45, 2.75) is 12.7 Å². The summed E-state index contributed by atoms with van der Waals surface area (Å²) in [6.07, 6.45) is 1.52. The summed E-state index contributed by atoms with van der Waals surface area (Å²) in [5.41, 5.74) is 4.32. The molecule has 1 aromatic heterocycles. The van der Waals surface area contributed by atoms with Crippen molar-refractivity contribution in [1.82, 2.24) is 14.9 Å². The summed E-state index contributed by atoms with van der Waals surface area (Å²) >= 11 is 1.79. The number of carbonyl (C=O) groups is 1. The first-order chi connectivity index (χ1) is 15.1. The maximum atomic E-state index is 12.7. The van der Waals surface area contributed by atoms with Crippen LogP contribution in [0.25, 0.3) is 16.6 Å². The van der Waals surface area contributed by atoms with E-state index in [9.17, 15) is 9.59 Å². The zero-order chi connectivity index (χ0) is 21.6. The number of thioether (sulfide) groups is 1. The second-order valence-electron chi connectivity index (χ2n) is 7.28. The number of nitrogens with one attached hydrogen (secondary N) is 1. The number of aryl methyl sites for hydroxylation is 1. The van der Waals surface area contributed by atoms with Crippen molar-refractivity contribution >= 4 is 28.6 Å². The number of amides is 1. The van der Waals surface area contributed by atoms with Crippen LogP contribution < -0.4 is 10.9 Å². The van der Waals surface area contributed by atoms with E-state index in [0.29, 0.717) is 28.7 Å². The van der Waals surface area contributed by atoms with Gasteiger partial charge in [0.25, 0.3) is 11.5 Å². The molecular weight excluding hydrogens is 406 g/mol. The van der Waals surface area contributed by atoms with Gasteiger partial charge in [-0.3, -0.25) is 14.2 Å². The molecule has 156 valence electrons. The van der Waals surface area contributed by atoms with Gasteiger partial charge in [0.05, 0.1) is 16.6 Å². The van der Waals surface area contributed by atoms with Gasteiger partial charge in [0.1, 0.15) is 6.33 Å². The number of nitrogens with zero attached hydrogens (tertiary/aromatic N) is 2. The van der Waals surface area contributed by atoms with E-state index in [-0.39, 0.29) is 11.5 Å². The fourth-order valence-electron chi connectivity index (χ4n) is 3.24. The van der Waals surface area contributed by atoms with Gasteiger partial charge in [-0.1, -0.05) is 42.0 Å². The summed E-state index contributed by atoms with van der Waals surface area (Å²) in [5, 5.41) is 3.51. The van der Waals surface area contributed by atoms with Crippen molar-refractivity contribution in [2.75, 3.05) is 12.3 Å². The third-order valence-electron chi connectivity index (χ3n) is 4.99. The van der Waals surface area contributed by atoms with Gasteiger partial charge in [-0.15, -0.1) is 0 Å². The van der Waals surface area contributed by atoms with E-state index in [4.69, 9.17) is 0 Å². The number of fused-ring (bicyclic) bond motifs is 1. The highest BCUT2D eigenvalue weighted by molar-refractivity contribution is 7.98. The number of carbonyl (C=O) groups excluding carboxylic acids is 1. The molecule has 1 N–H and O–H groups in total. The average molecular weight is 430 g/mol. The average Bonchev–Trinajstić information content (AvgIpc) is 2.80. The summed E-state index contributed by atoms with van der Waals surface area (Å²) < 4.78 is 1.49. The third kappa shape index (κ3) is 5.03. The van der Waals surface area contributed by atoms with Gasteiger partial charge in [0.15, 0.2) is 0 Å². The first-order valence-electron chi connectivity index (χ1n) is 10.1. The van der Waals surface area contributed by atoms with Crippen LogP contribution in [0.5, 0.6) is 0 Å². The van der Waals surface area contributed by atoms with Crippen molar-refractivity contribution in [3.05, 3.63) is 106 Å². The monoisotopic (exact) mass is 429 g/mol. The van der Waals surface area contributed by atoms with Gasteiger partial charge in [0.2, 0.25) is 0 Å². The molecule has 4 rings (SSSR count). The minimum atomic E-state index is -0.131. The molecule has 0 bridgehead atoms. The number of para-hydroxylation sites is 1. The molecule has 0 atom stereocenters. The standard InChI is InChI=1S/C25H23N3O2S/c1-18-6-8-19(9-7-18)16-31-15-14-26-24(29)20-10-12-21(13-11-20)28-17-27-23-5-3-2-4-22(23)25(28)30/h2-13,17H,14-16H2,1H3,(H,26,29). The van der Waals surface area contributed by atoms with Gasteiger partial charge < -0.3 is 5.32 Å². The first-order valence-corrected chi connectivity index (χ1v) is 11.3. The number of hydrogen-bond donors (Lipinski definition) is 1. The quantitative estimate of drug-likeness (QED) is 0.444. The van der Waals surface area contributed by atoms with Crippen LogP contribution in [-0.2, 0) is 5.75 Å². The van der Waals surface area contributed by atoms with Gasteiger partial charge >= 0.3 is 0 Å². The maximum absolute atomic E-state index is 12.7. The van der Waals surface area contributed by atoms with Gasteiger partial charge in [0, 0.05) is 23.6 Å². The number of aromatic nitrogens is 2. The van der Waals surface area contributed by atoms with Gasteiger partial charge in [-0.2, -0.15) is 11.8 Å². The molecule has 0 unspecified atom stereocenters. The lowest BCUT2D eigenvalue weighted by molar-refractivity contribution is 0.0956. The molecular formula is C25H23N3O2S. The molecule has 31 heavy (non-hydrogen) atoms. The zero-order valence-corrected chi connectivity index (χ0v) is 18.1. The minimum absolute atomic E-state index is 0.119. The lowest BCUT2D eigenvalue weighted by Gasteiger charge is -2.09. The molecule has 1 heterocycles. The number of benzene rings is 3. The molecule has 1 amide bonds. The largest absolute Gasteiger partial charge is 0.351 e. The van der Waals surface area contributed by atoms with E-state index in [0.717, 1.165) is 11.5 Å². The molecule has 6 heteroatoms. The molecule has 3 aromatic carbocycles. The van der Waals surface area contributed by atoms with E-state index in [1.807, 2.05) is 18.2 Å². The highest BCUT2D eigenvalue weighted by Gasteiger charge is 2.08. The Hall–Kier alpha value is -3.38. The van der Waals surface area contributed by atoms with Crippen molar-refractivity contribution in [2.24, 2.45) is 0 Å². The molecule has 0 saturated heterocycles. The molecule has 0 aliphatic carbocycles. The highest BCUT2D eigenvalue weighted by Crippen LogP contribution is 2.13. The number of rotatable bonds is 7. The Kier molecular flexibility index (Phi) is 6.48. The summed E-state index contributed by atoms with van der Waals surface area (Å²) in [7, 11) is 0. The molecule has 0 saturated carbocycles. The Labute approximate surface area is 185 Å². The summed E-state index contributed by atoms with van der Waals surface area (Å²) in [6.45, 7) is 2.68. The van der Waals surface area contributed by atoms with E-state index in [1.54, 1.807) is 42.1 Å². The lowest BCUT2D eigenvalue weighted by Crippen LogP contribution is -2.26. The molecule has 0 aliphatic heterocycles. The fraction of sp³-hybridized carbons (Fsp3) is 0.160. The topological polar surface area (TPSA) is 64.0 Å². The van der Waals surface area contributed by atoms with Crippen LogP contribution in [-0.4, -0.2) is 27.8 Å². The molecule has 0 fully saturated rings. The Morgan fingerprint density at radius 3 is 2.52 bits per heavy atom. The van der Waals surface area contributed by atoms with Crippen molar-refractivity contribution in [3.63, 3.8) is 0 Å². The second-order valence-corrected chi connectivity index (χ2v) is 8.38. The van der Waals surface area contributed by atoms with Crippen molar-refractivity contribution < 1.29 is 4.79 Å². The predicted octanol–water partition coefficient (Wildman–Crippen LogP) is 4.36. The lowest BCUT2D eigenvalue weighted by atomic mass is 10.2. The molecule has 0 spiro atoms. The maximum Gasteiger partial charge on any atom is 0.265 e. The number of hydrogen-bond acceptors (Lipinski definition) is 4. The van der Waals surface area contributed by atoms with Crippen LogP contribution in [0.1, 0.15) is 21.5 Å². The van der Waals surface area contributed by atoms with E-state index >= 15 is 0 Å². The van der Waals surface area contributed by atoms with E-state index in [2.05, 4.69) is 41.5 Å². The Balaban J connectivity index is 1.32. The highest BCUT2D eigenvalue weighted by atomic mass is 32.2. The first kappa shape index (κ1) is 20.9. The Bertz CT molecular complexity index is 1250. The molecule has 0 aliphatic rings. The Morgan fingerprint density at radius 1 is 1.00 bits per heavy atom.